The molecule has 0 saturated carbocycles. The Morgan fingerprint density at radius 1 is 0.900 bits per heavy atom. The van der Waals surface area contributed by atoms with Gasteiger partial charge in [-0.15, -0.1) is 0 Å². The monoisotopic (exact) mass is 418 g/mol. The highest BCUT2D eigenvalue weighted by Crippen LogP contribution is 2.43. The van der Waals surface area contributed by atoms with Crippen molar-refractivity contribution in [3.63, 3.8) is 0 Å². The van der Waals surface area contributed by atoms with E-state index >= 15 is 0 Å². The normalized spacial score (nSPS) is 12.9. The molecule has 2 atom stereocenters. The molecule has 2 aromatic rings. The summed E-state index contributed by atoms with van der Waals surface area (Å²) in [5, 5.41) is 10.1. The number of rotatable bonds is 12. The van der Waals surface area contributed by atoms with Crippen molar-refractivity contribution in [3.05, 3.63) is 47.0 Å². The molecular formula is C24H34O6. The predicted molar refractivity (Wildman–Crippen MR) is 117 cm³/mol. The standard InChI is InChI=1S/C24H34O6/c1-16(14-30-15-18-7-9-20(26-3)10-8-18)11-19(13-25)21-12-22(27-4)24(29-6)17(2)23(21)28-5/h7-10,12,16,19,25H,11,13-15H2,1-6H3/t16-,19+/m0/s1. The first-order valence-electron chi connectivity index (χ1n) is 10.1. The zero-order valence-electron chi connectivity index (χ0n) is 18.9. The van der Waals surface area contributed by atoms with Crippen LogP contribution in [0, 0.1) is 12.8 Å². The van der Waals surface area contributed by atoms with Crippen LogP contribution in [0.3, 0.4) is 0 Å². The van der Waals surface area contributed by atoms with Crippen LogP contribution >= 0.6 is 0 Å². The summed E-state index contributed by atoms with van der Waals surface area (Å²) in [5.74, 6) is 2.98. The molecule has 0 fully saturated rings. The molecule has 0 aliphatic rings. The van der Waals surface area contributed by atoms with Crippen LogP contribution in [-0.4, -0.2) is 46.8 Å². The van der Waals surface area contributed by atoms with E-state index in [2.05, 4.69) is 6.92 Å². The lowest BCUT2D eigenvalue weighted by Crippen LogP contribution is -2.15. The molecule has 2 rings (SSSR count). The number of hydrogen-bond acceptors (Lipinski definition) is 6. The molecular weight excluding hydrogens is 384 g/mol. The van der Waals surface area contributed by atoms with Crippen molar-refractivity contribution in [1.82, 2.24) is 0 Å². The van der Waals surface area contributed by atoms with Crippen molar-refractivity contribution in [3.8, 4) is 23.0 Å². The Balaban J connectivity index is 2.05. The number of aliphatic hydroxyl groups is 1. The van der Waals surface area contributed by atoms with Crippen LogP contribution in [0.2, 0.25) is 0 Å². The Morgan fingerprint density at radius 2 is 1.57 bits per heavy atom. The summed E-state index contributed by atoms with van der Waals surface area (Å²) in [7, 11) is 6.50. The highest BCUT2D eigenvalue weighted by molar-refractivity contribution is 5.58. The van der Waals surface area contributed by atoms with E-state index in [1.807, 2.05) is 37.3 Å². The maximum Gasteiger partial charge on any atom is 0.167 e. The SMILES string of the molecule is COc1ccc(COC[C@@H](C)C[C@H](CO)c2cc(OC)c(OC)c(C)c2OC)cc1. The topological polar surface area (TPSA) is 66.4 Å². The lowest BCUT2D eigenvalue weighted by atomic mass is 9.88. The Labute approximate surface area is 179 Å². The van der Waals surface area contributed by atoms with E-state index in [4.69, 9.17) is 23.7 Å². The highest BCUT2D eigenvalue weighted by Gasteiger charge is 2.24. The van der Waals surface area contributed by atoms with Gasteiger partial charge in [-0.1, -0.05) is 19.1 Å². The first-order chi connectivity index (χ1) is 14.5. The van der Waals surface area contributed by atoms with E-state index in [-0.39, 0.29) is 18.4 Å². The lowest BCUT2D eigenvalue weighted by Gasteiger charge is -2.24. The van der Waals surface area contributed by atoms with Crippen LogP contribution in [0.25, 0.3) is 0 Å². The van der Waals surface area contributed by atoms with Crippen LogP contribution in [0.5, 0.6) is 23.0 Å². The summed E-state index contributed by atoms with van der Waals surface area (Å²) in [6.45, 7) is 5.19. The van der Waals surface area contributed by atoms with Gasteiger partial charge in [0.1, 0.15) is 11.5 Å². The largest absolute Gasteiger partial charge is 0.497 e. The molecule has 0 amide bonds. The highest BCUT2D eigenvalue weighted by atomic mass is 16.5. The minimum Gasteiger partial charge on any atom is -0.497 e. The second-order valence-corrected chi connectivity index (χ2v) is 7.44. The second kappa shape index (κ2) is 11.7. The quantitative estimate of drug-likeness (QED) is 0.553. The Morgan fingerprint density at radius 3 is 2.10 bits per heavy atom. The van der Waals surface area contributed by atoms with Gasteiger partial charge in [0.15, 0.2) is 11.5 Å². The summed E-state index contributed by atoms with van der Waals surface area (Å²) in [6, 6.07) is 9.75. The van der Waals surface area contributed by atoms with E-state index in [9.17, 15) is 5.11 Å². The number of aliphatic hydroxyl groups excluding tert-OH is 1. The third-order valence-electron chi connectivity index (χ3n) is 5.26. The third kappa shape index (κ3) is 5.80. The number of hydrogen-bond donors (Lipinski definition) is 1. The molecule has 0 aromatic heterocycles. The Bertz CT molecular complexity index is 787. The smallest absolute Gasteiger partial charge is 0.167 e. The van der Waals surface area contributed by atoms with E-state index in [1.54, 1.807) is 28.4 Å². The summed E-state index contributed by atoms with van der Waals surface area (Å²) in [4.78, 5) is 0. The van der Waals surface area contributed by atoms with Crippen molar-refractivity contribution in [1.29, 1.82) is 0 Å². The van der Waals surface area contributed by atoms with Crippen molar-refractivity contribution >= 4 is 0 Å². The van der Waals surface area contributed by atoms with Gasteiger partial charge < -0.3 is 28.8 Å². The lowest BCUT2D eigenvalue weighted by molar-refractivity contribution is 0.0840. The fraction of sp³-hybridized carbons (Fsp3) is 0.500. The van der Waals surface area contributed by atoms with Gasteiger partial charge in [-0.3, -0.25) is 0 Å². The third-order valence-corrected chi connectivity index (χ3v) is 5.26. The van der Waals surface area contributed by atoms with E-state index in [0.717, 1.165) is 34.6 Å². The average Bonchev–Trinajstić information content (AvgIpc) is 2.77. The second-order valence-electron chi connectivity index (χ2n) is 7.44. The fourth-order valence-corrected chi connectivity index (χ4v) is 3.71. The molecule has 166 valence electrons. The average molecular weight is 419 g/mol. The zero-order chi connectivity index (χ0) is 22.1. The predicted octanol–water partition coefficient (Wildman–Crippen LogP) is 4.35. The first kappa shape index (κ1) is 23.8. The van der Waals surface area contributed by atoms with Crippen molar-refractivity contribution in [2.24, 2.45) is 5.92 Å². The number of methoxy groups -OCH3 is 4. The van der Waals surface area contributed by atoms with Crippen LogP contribution in [0.15, 0.2) is 30.3 Å². The van der Waals surface area contributed by atoms with Gasteiger partial charge in [-0.25, -0.2) is 0 Å². The number of ether oxygens (including phenoxy) is 5. The van der Waals surface area contributed by atoms with Gasteiger partial charge in [0.05, 0.1) is 41.7 Å². The molecule has 0 aliphatic heterocycles. The molecule has 6 nitrogen and oxygen atoms in total. The van der Waals surface area contributed by atoms with Gasteiger partial charge in [0, 0.05) is 23.7 Å². The molecule has 0 unspecified atom stereocenters. The van der Waals surface area contributed by atoms with Crippen LogP contribution in [0.1, 0.15) is 36.0 Å². The molecule has 0 bridgehead atoms. The molecule has 6 heteroatoms. The van der Waals surface area contributed by atoms with Gasteiger partial charge in [-0.05, 0) is 43.0 Å². The van der Waals surface area contributed by atoms with Crippen LogP contribution < -0.4 is 18.9 Å². The van der Waals surface area contributed by atoms with Crippen molar-refractivity contribution in [2.75, 3.05) is 41.7 Å². The van der Waals surface area contributed by atoms with Gasteiger partial charge in [-0.2, -0.15) is 0 Å². The summed E-state index contributed by atoms with van der Waals surface area (Å²) in [6.07, 6.45) is 0.754. The van der Waals surface area contributed by atoms with Gasteiger partial charge in [0.25, 0.3) is 0 Å². The zero-order valence-corrected chi connectivity index (χ0v) is 18.9. The molecule has 0 aliphatic carbocycles. The van der Waals surface area contributed by atoms with Gasteiger partial charge in [0.2, 0.25) is 0 Å². The first-order valence-corrected chi connectivity index (χ1v) is 10.1. The van der Waals surface area contributed by atoms with E-state index in [0.29, 0.717) is 24.7 Å². The maximum atomic E-state index is 10.1. The maximum absolute atomic E-state index is 10.1. The Kier molecular flexibility index (Phi) is 9.27. The number of benzene rings is 2. The van der Waals surface area contributed by atoms with Crippen LogP contribution in [-0.2, 0) is 11.3 Å². The summed E-state index contributed by atoms with van der Waals surface area (Å²) in [5.41, 5.74) is 2.87. The van der Waals surface area contributed by atoms with Crippen LogP contribution in [0.4, 0.5) is 0 Å². The minimum absolute atomic E-state index is 0.00804. The molecule has 0 radical (unpaired) electrons. The van der Waals surface area contributed by atoms with Gasteiger partial charge >= 0.3 is 0 Å². The van der Waals surface area contributed by atoms with Crippen molar-refractivity contribution in [2.45, 2.75) is 32.8 Å². The Hall–Kier alpha value is -2.44. The summed E-state index contributed by atoms with van der Waals surface area (Å²) < 4.78 is 27.7. The molecule has 0 saturated heterocycles. The molecule has 2 aromatic carbocycles. The molecule has 30 heavy (non-hydrogen) atoms. The van der Waals surface area contributed by atoms with Crippen molar-refractivity contribution < 1.29 is 28.8 Å². The summed E-state index contributed by atoms with van der Waals surface area (Å²) >= 11 is 0. The van der Waals surface area contributed by atoms with E-state index in [1.165, 1.54) is 0 Å². The fourth-order valence-electron chi connectivity index (χ4n) is 3.71. The molecule has 0 spiro atoms. The minimum atomic E-state index is -0.0990. The van der Waals surface area contributed by atoms with E-state index < -0.39 is 0 Å². The molecule has 0 heterocycles. The molecule has 1 N–H and O–H groups in total.